The molecule has 0 unspecified atom stereocenters. The monoisotopic (exact) mass is 404 g/mol. The number of nitrogens with zero attached hydrogens (tertiary/aromatic N) is 4. The highest BCUT2D eigenvalue weighted by Gasteiger charge is 2.30. The fraction of sp³-hybridized carbons (Fsp3) is 0.222. The van der Waals surface area contributed by atoms with Gasteiger partial charge in [-0.15, -0.1) is 0 Å². The lowest BCUT2D eigenvalue weighted by Gasteiger charge is -2.28. The summed E-state index contributed by atoms with van der Waals surface area (Å²) in [5, 5.41) is 0. The van der Waals surface area contributed by atoms with Crippen LogP contribution < -0.4 is 4.90 Å². The van der Waals surface area contributed by atoms with Gasteiger partial charge >= 0.3 is 0 Å². The van der Waals surface area contributed by atoms with Crippen LogP contribution in [-0.4, -0.2) is 29.0 Å². The molecule has 2 aliphatic carbocycles. The average molecular weight is 405 g/mol. The van der Waals surface area contributed by atoms with Crippen LogP contribution in [0.4, 0.5) is 5.69 Å². The summed E-state index contributed by atoms with van der Waals surface area (Å²) in [7, 11) is 4.14. The Morgan fingerprint density at radius 2 is 1.26 bits per heavy atom. The zero-order chi connectivity index (χ0) is 20.9. The molecule has 0 atom stereocenters. The molecule has 0 saturated heterocycles. The molecule has 2 aliphatic rings. The third-order valence-electron chi connectivity index (χ3n) is 6.59. The van der Waals surface area contributed by atoms with Gasteiger partial charge in [-0.25, -0.2) is 4.98 Å². The first-order valence-corrected chi connectivity index (χ1v) is 10.9. The van der Waals surface area contributed by atoms with E-state index in [1.165, 1.54) is 33.5 Å². The highest BCUT2D eigenvalue weighted by atomic mass is 15.1. The zero-order valence-electron chi connectivity index (χ0n) is 17.9. The maximum absolute atomic E-state index is 5.28. The van der Waals surface area contributed by atoms with Crippen molar-refractivity contribution < 1.29 is 0 Å². The molecular weight excluding hydrogens is 380 g/mol. The largest absolute Gasteiger partial charge is 0.378 e. The zero-order valence-corrected chi connectivity index (χ0v) is 17.9. The molecule has 4 aromatic rings. The first-order chi connectivity index (χ1) is 15.2. The van der Waals surface area contributed by atoms with Crippen molar-refractivity contribution in [1.82, 2.24) is 15.0 Å². The molecule has 0 bridgehead atoms. The van der Waals surface area contributed by atoms with Crippen molar-refractivity contribution in [3.8, 4) is 33.9 Å². The second kappa shape index (κ2) is 7.02. The van der Waals surface area contributed by atoms with Gasteiger partial charge in [0, 0.05) is 43.3 Å². The highest BCUT2D eigenvalue weighted by Crippen LogP contribution is 2.45. The molecule has 0 fully saturated rings. The van der Waals surface area contributed by atoms with Crippen LogP contribution in [0.1, 0.15) is 22.3 Å². The summed E-state index contributed by atoms with van der Waals surface area (Å²) in [6.07, 6.45) is 7.79. The second-order valence-corrected chi connectivity index (χ2v) is 8.60. The van der Waals surface area contributed by atoms with Gasteiger partial charge in [0.1, 0.15) is 0 Å². The molecule has 0 radical (unpaired) electrons. The van der Waals surface area contributed by atoms with Crippen LogP contribution >= 0.6 is 0 Å². The Morgan fingerprint density at radius 3 is 1.94 bits per heavy atom. The maximum atomic E-state index is 5.28. The lowest BCUT2D eigenvalue weighted by Crippen LogP contribution is -2.16. The standard InChI is InChI=1S/C27H24N4/c1-31(2)20-11-7-19(8-12-20)24-21-13-9-17-5-3-15-28-25(17)23(21)22-14-10-18-6-4-16-29-26(18)27(22)30-24/h3-8,11-12,15-16H,9-10,13-14H2,1-2H3. The topological polar surface area (TPSA) is 41.9 Å². The van der Waals surface area contributed by atoms with Gasteiger partial charge in [-0.1, -0.05) is 24.3 Å². The van der Waals surface area contributed by atoms with Crippen molar-refractivity contribution >= 4 is 5.69 Å². The van der Waals surface area contributed by atoms with Crippen LogP contribution in [0.5, 0.6) is 0 Å². The number of pyridine rings is 3. The number of hydrogen-bond donors (Lipinski definition) is 0. The number of hydrogen-bond acceptors (Lipinski definition) is 4. The van der Waals surface area contributed by atoms with Crippen molar-refractivity contribution in [1.29, 1.82) is 0 Å². The van der Waals surface area contributed by atoms with E-state index in [1.807, 2.05) is 18.5 Å². The van der Waals surface area contributed by atoms with E-state index in [4.69, 9.17) is 15.0 Å². The smallest absolute Gasteiger partial charge is 0.0935 e. The number of aryl methyl sites for hydroxylation is 2. The van der Waals surface area contributed by atoms with Gasteiger partial charge in [0.05, 0.1) is 22.8 Å². The molecular formula is C27H24N4. The minimum absolute atomic E-state index is 0.985. The van der Waals surface area contributed by atoms with Crippen LogP contribution in [0, 0.1) is 0 Å². The molecule has 4 nitrogen and oxygen atoms in total. The average Bonchev–Trinajstić information content (AvgIpc) is 2.83. The van der Waals surface area contributed by atoms with Crippen LogP contribution in [0.3, 0.4) is 0 Å². The van der Waals surface area contributed by atoms with Gasteiger partial charge in [-0.3, -0.25) is 9.97 Å². The van der Waals surface area contributed by atoms with Gasteiger partial charge in [0.15, 0.2) is 0 Å². The van der Waals surface area contributed by atoms with Crippen molar-refractivity contribution in [3.05, 3.63) is 83.2 Å². The van der Waals surface area contributed by atoms with Crippen LogP contribution in [0.2, 0.25) is 0 Å². The van der Waals surface area contributed by atoms with Gasteiger partial charge in [-0.05, 0) is 72.2 Å². The molecule has 4 heteroatoms. The molecule has 152 valence electrons. The number of aromatic nitrogens is 3. The molecule has 31 heavy (non-hydrogen) atoms. The molecule has 3 aromatic heterocycles. The van der Waals surface area contributed by atoms with E-state index in [0.29, 0.717) is 0 Å². The fourth-order valence-electron chi connectivity index (χ4n) is 5.03. The van der Waals surface area contributed by atoms with Crippen molar-refractivity contribution in [3.63, 3.8) is 0 Å². The predicted octanol–water partition coefficient (Wildman–Crippen LogP) is 5.14. The van der Waals surface area contributed by atoms with Gasteiger partial charge in [0.25, 0.3) is 0 Å². The fourth-order valence-corrected chi connectivity index (χ4v) is 5.03. The van der Waals surface area contributed by atoms with Gasteiger partial charge < -0.3 is 4.90 Å². The van der Waals surface area contributed by atoms with Gasteiger partial charge in [-0.2, -0.15) is 0 Å². The Bertz CT molecular complexity index is 1310. The number of rotatable bonds is 2. The minimum atomic E-state index is 0.985. The van der Waals surface area contributed by atoms with E-state index in [2.05, 4.69) is 61.5 Å². The van der Waals surface area contributed by atoms with Crippen LogP contribution in [0.15, 0.2) is 60.9 Å². The van der Waals surface area contributed by atoms with E-state index < -0.39 is 0 Å². The quantitative estimate of drug-likeness (QED) is 0.464. The van der Waals surface area contributed by atoms with Crippen molar-refractivity contribution in [2.45, 2.75) is 25.7 Å². The number of anilines is 1. The molecule has 0 amide bonds. The molecule has 0 aliphatic heterocycles. The molecule has 6 rings (SSSR count). The number of benzene rings is 1. The lowest BCUT2D eigenvalue weighted by atomic mass is 9.79. The first kappa shape index (κ1) is 18.3. The third kappa shape index (κ3) is 2.86. The Kier molecular flexibility index (Phi) is 4.13. The normalized spacial score (nSPS) is 13.6. The molecule has 3 heterocycles. The Balaban J connectivity index is 1.65. The highest BCUT2D eigenvalue weighted by molar-refractivity contribution is 5.86. The van der Waals surface area contributed by atoms with E-state index in [0.717, 1.165) is 54.0 Å². The summed E-state index contributed by atoms with van der Waals surface area (Å²) in [5.41, 5.74) is 13.2. The Hall–Kier alpha value is -3.53. The molecule has 1 aromatic carbocycles. The molecule has 0 N–H and O–H groups in total. The SMILES string of the molecule is CN(C)c1ccc(-c2nc3c(c4c2CCc2cccnc2-4)CCc2cccnc2-3)cc1. The molecule has 0 saturated carbocycles. The van der Waals surface area contributed by atoms with E-state index >= 15 is 0 Å². The summed E-state index contributed by atoms with van der Waals surface area (Å²) >= 11 is 0. The number of fused-ring (bicyclic) bond motifs is 7. The summed E-state index contributed by atoms with van der Waals surface area (Å²) in [6.45, 7) is 0. The van der Waals surface area contributed by atoms with Crippen LogP contribution in [-0.2, 0) is 25.7 Å². The van der Waals surface area contributed by atoms with E-state index in [9.17, 15) is 0 Å². The summed E-state index contributed by atoms with van der Waals surface area (Å²) < 4.78 is 0. The van der Waals surface area contributed by atoms with Gasteiger partial charge in [0.2, 0.25) is 0 Å². The Labute approximate surface area is 182 Å². The predicted molar refractivity (Wildman–Crippen MR) is 125 cm³/mol. The Morgan fingerprint density at radius 1 is 0.645 bits per heavy atom. The summed E-state index contributed by atoms with van der Waals surface area (Å²) in [5.74, 6) is 0. The van der Waals surface area contributed by atoms with E-state index in [1.54, 1.807) is 0 Å². The van der Waals surface area contributed by atoms with E-state index in [-0.39, 0.29) is 0 Å². The summed E-state index contributed by atoms with van der Waals surface area (Å²) in [4.78, 5) is 17.0. The lowest BCUT2D eigenvalue weighted by molar-refractivity contribution is 0.875. The van der Waals surface area contributed by atoms with Crippen LogP contribution in [0.25, 0.3) is 33.9 Å². The van der Waals surface area contributed by atoms with Crippen molar-refractivity contribution in [2.24, 2.45) is 0 Å². The van der Waals surface area contributed by atoms with Crippen molar-refractivity contribution in [2.75, 3.05) is 19.0 Å². The third-order valence-corrected chi connectivity index (χ3v) is 6.59. The molecule has 0 spiro atoms. The second-order valence-electron chi connectivity index (χ2n) is 8.60. The first-order valence-electron chi connectivity index (χ1n) is 10.9. The maximum Gasteiger partial charge on any atom is 0.0935 e. The minimum Gasteiger partial charge on any atom is -0.378 e. The summed E-state index contributed by atoms with van der Waals surface area (Å²) in [6, 6.07) is 17.2.